The number of hydrogen-bond donors (Lipinski definition) is 1. The van der Waals surface area contributed by atoms with Gasteiger partial charge in [-0.15, -0.1) is 0 Å². The summed E-state index contributed by atoms with van der Waals surface area (Å²) in [6.07, 6.45) is 4.20. The van der Waals surface area contributed by atoms with Crippen LogP contribution in [0.4, 0.5) is 0 Å². The molecule has 1 aliphatic rings. The highest BCUT2D eigenvalue weighted by atomic mass is 16.3. The van der Waals surface area contributed by atoms with E-state index in [1.165, 1.54) is 12.8 Å². The monoisotopic (exact) mass is 264 g/mol. The molecule has 1 saturated heterocycles. The molecule has 108 valence electrons. The standard InChI is InChI=1S/C16H28N2O/c1-5-12(3)15-11-18(14(6-2)10-17-15)13(4)16-8-7-9-19-16/h7-9,12-15,17H,5-6,10-11H2,1-4H3. The number of hydrogen-bond acceptors (Lipinski definition) is 3. The van der Waals surface area contributed by atoms with Gasteiger partial charge >= 0.3 is 0 Å². The molecule has 1 fully saturated rings. The zero-order chi connectivity index (χ0) is 13.8. The summed E-state index contributed by atoms with van der Waals surface area (Å²) < 4.78 is 5.60. The van der Waals surface area contributed by atoms with Crippen molar-refractivity contribution in [2.45, 2.75) is 58.7 Å². The number of furan rings is 1. The van der Waals surface area contributed by atoms with Crippen molar-refractivity contribution in [2.24, 2.45) is 5.92 Å². The summed E-state index contributed by atoms with van der Waals surface area (Å²) in [6, 6.07) is 5.66. The molecule has 0 amide bonds. The van der Waals surface area contributed by atoms with Crippen LogP contribution in [0.5, 0.6) is 0 Å². The van der Waals surface area contributed by atoms with Crippen LogP contribution in [0.25, 0.3) is 0 Å². The minimum Gasteiger partial charge on any atom is -0.468 e. The Morgan fingerprint density at radius 2 is 2.21 bits per heavy atom. The van der Waals surface area contributed by atoms with Gasteiger partial charge in [-0.2, -0.15) is 0 Å². The lowest BCUT2D eigenvalue weighted by molar-refractivity contribution is 0.0618. The molecule has 1 aliphatic heterocycles. The summed E-state index contributed by atoms with van der Waals surface area (Å²) in [5, 5.41) is 3.73. The van der Waals surface area contributed by atoms with E-state index >= 15 is 0 Å². The third-order valence-electron chi connectivity index (χ3n) is 4.75. The van der Waals surface area contributed by atoms with Crippen molar-refractivity contribution in [3.63, 3.8) is 0 Å². The van der Waals surface area contributed by atoms with E-state index in [2.05, 4.69) is 44.0 Å². The summed E-state index contributed by atoms with van der Waals surface area (Å²) in [6.45, 7) is 11.4. The quantitative estimate of drug-likeness (QED) is 0.883. The topological polar surface area (TPSA) is 28.4 Å². The minimum atomic E-state index is 0.369. The second-order valence-corrected chi connectivity index (χ2v) is 5.85. The van der Waals surface area contributed by atoms with E-state index in [9.17, 15) is 0 Å². The number of piperazine rings is 1. The van der Waals surface area contributed by atoms with Crippen LogP contribution < -0.4 is 5.32 Å². The molecule has 1 aromatic heterocycles. The number of nitrogens with one attached hydrogen (secondary N) is 1. The Morgan fingerprint density at radius 1 is 1.42 bits per heavy atom. The summed E-state index contributed by atoms with van der Waals surface area (Å²) in [4.78, 5) is 2.62. The lowest BCUT2D eigenvalue weighted by Crippen LogP contribution is -2.58. The van der Waals surface area contributed by atoms with Gasteiger partial charge in [-0.05, 0) is 31.4 Å². The first-order chi connectivity index (χ1) is 9.17. The van der Waals surface area contributed by atoms with Crippen molar-refractivity contribution in [1.82, 2.24) is 10.2 Å². The molecule has 4 atom stereocenters. The minimum absolute atomic E-state index is 0.369. The average Bonchev–Trinajstić information content (AvgIpc) is 2.99. The van der Waals surface area contributed by atoms with Crippen LogP contribution in [0.3, 0.4) is 0 Å². The first kappa shape index (κ1) is 14.6. The predicted molar refractivity (Wildman–Crippen MR) is 79.2 cm³/mol. The van der Waals surface area contributed by atoms with Crippen LogP contribution in [-0.2, 0) is 0 Å². The summed E-state index contributed by atoms with van der Waals surface area (Å²) in [5.74, 6) is 1.81. The van der Waals surface area contributed by atoms with E-state index in [1.807, 2.05) is 6.07 Å². The third-order valence-corrected chi connectivity index (χ3v) is 4.75. The molecular weight excluding hydrogens is 236 g/mol. The Labute approximate surface area is 117 Å². The van der Waals surface area contributed by atoms with Gasteiger partial charge in [-0.3, -0.25) is 4.90 Å². The molecule has 3 heteroatoms. The third kappa shape index (κ3) is 3.21. The van der Waals surface area contributed by atoms with E-state index in [4.69, 9.17) is 4.42 Å². The fourth-order valence-electron chi connectivity index (χ4n) is 3.06. The molecule has 0 spiro atoms. The fourth-order valence-corrected chi connectivity index (χ4v) is 3.06. The molecule has 4 unspecified atom stereocenters. The zero-order valence-electron chi connectivity index (χ0n) is 12.7. The predicted octanol–water partition coefficient (Wildman–Crippen LogP) is 3.44. The molecule has 1 aromatic rings. The molecule has 2 rings (SSSR count). The molecule has 3 nitrogen and oxygen atoms in total. The largest absolute Gasteiger partial charge is 0.468 e. The molecule has 19 heavy (non-hydrogen) atoms. The van der Waals surface area contributed by atoms with Crippen molar-refractivity contribution in [2.75, 3.05) is 13.1 Å². The van der Waals surface area contributed by atoms with Crippen LogP contribution in [0.15, 0.2) is 22.8 Å². The highest BCUT2D eigenvalue weighted by molar-refractivity contribution is 5.05. The van der Waals surface area contributed by atoms with Gasteiger partial charge in [0.05, 0.1) is 12.3 Å². The maximum absolute atomic E-state index is 5.60. The van der Waals surface area contributed by atoms with E-state index in [-0.39, 0.29) is 0 Å². The zero-order valence-corrected chi connectivity index (χ0v) is 12.7. The molecule has 1 N–H and O–H groups in total. The van der Waals surface area contributed by atoms with Gasteiger partial charge in [0.15, 0.2) is 0 Å². The summed E-state index contributed by atoms with van der Waals surface area (Å²) in [5.41, 5.74) is 0. The highest BCUT2D eigenvalue weighted by Crippen LogP contribution is 2.27. The Bertz CT molecular complexity index is 363. The van der Waals surface area contributed by atoms with Crippen molar-refractivity contribution in [1.29, 1.82) is 0 Å². The van der Waals surface area contributed by atoms with E-state index in [1.54, 1.807) is 6.26 Å². The maximum atomic E-state index is 5.60. The first-order valence-electron chi connectivity index (χ1n) is 7.69. The average molecular weight is 264 g/mol. The molecule has 0 aromatic carbocycles. The van der Waals surface area contributed by atoms with E-state index < -0.39 is 0 Å². The Hall–Kier alpha value is -0.800. The van der Waals surface area contributed by atoms with Gasteiger partial charge in [0, 0.05) is 25.2 Å². The molecule has 0 radical (unpaired) electrons. The first-order valence-corrected chi connectivity index (χ1v) is 7.69. The Kier molecular flexibility index (Phi) is 5.06. The maximum Gasteiger partial charge on any atom is 0.120 e. The second-order valence-electron chi connectivity index (χ2n) is 5.85. The van der Waals surface area contributed by atoms with Gasteiger partial charge in [-0.25, -0.2) is 0 Å². The van der Waals surface area contributed by atoms with Gasteiger partial charge in [-0.1, -0.05) is 27.2 Å². The Morgan fingerprint density at radius 3 is 2.79 bits per heavy atom. The van der Waals surface area contributed by atoms with Crippen LogP contribution in [0.1, 0.15) is 52.3 Å². The number of nitrogens with zero attached hydrogens (tertiary/aromatic N) is 1. The van der Waals surface area contributed by atoms with E-state index in [0.29, 0.717) is 18.1 Å². The van der Waals surface area contributed by atoms with Crippen LogP contribution in [0.2, 0.25) is 0 Å². The lowest BCUT2D eigenvalue weighted by Gasteiger charge is -2.44. The van der Waals surface area contributed by atoms with Crippen molar-refractivity contribution in [3.8, 4) is 0 Å². The smallest absolute Gasteiger partial charge is 0.120 e. The summed E-state index contributed by atoms with van der Waals surface area (Å²) >= 11 is 0. The van der Waals surface area contributed by atoms with Crippen molar-refractivity contribution in [3.05, 3.63) is 24.2 Å². The molecule has 0 aliphatic carbocycles. The Balaban J connectivity index is 2.09. The summed E-state index contributed by atoms with van der Waals surface area (Å²) in [7, 11) is 0. The van der Waals surface area contributed by atoms with Gasteiger partial charge in [0.2, 0.25) is 0 Å². The van der Waals surface area contributed by atoms with Gasteiger partial charge in [0.25, 0.3) is 0 Å². The molecular formula is C16H28N2O. The van der Waals surface area contributed by atoms with Crippen LogP contribution >= 0.6 is 0 Å². The van der Waals surface area contributed by atoms with Crippen molar-refractivity contribution >= 4 is 0 Å². The second kappa shape index (κ2) is 6.58. The van der Waals surface area contributed by atoms with Crippen LogP contribution in [-0.4, -0.2) is 30.1 Å². The highest BCUT2D eigenvalue weighted by Gasteiger charge is 2.33. The normalized spacial score (nSPS) is 28.2. The van der Waals surface area contributed by atoms with Gasteiger partial charge < -0.3 is 9.73 Å². The van der Waals surface area contributed by atoms with Crippen LogP contribution in [0, 0.1) is 5.92 Å². The molecule has 0 saturated carbocycles. The number of rotatable bonds is 5. The van der Waals surface area contributed by atoms with E-state index in [0.717, 1.165) is 24.8 Å². The fraction of sp³-hybridized carbons (Fsp3) is 0.750. The van der Waals surface area contributed by atoms with Gasteiger partial charge in [0.1, 0.15) is 5.76 Å². The molecule has 2 heterocycles. The molecule has 0 bridgehead atoms. The van der Waals surface area contributed by atoms with Crippen molar-refractivity contribution < 1.29 is 4.42 Å². The SMILES string of the molecule is CCC(C)C1CN(C(C)c2ccco2)C(CC)CN1. The lowest BCUT2D eigenvalue weighted by atomic mass is 9.93.